The Morgan fingerprint density at radius 2 is 1.87 bits per heavy atom. The van der Waals surface area contributed by atoms with Crippen molar-refractivity contribution in [3.05, 3.63) is 41.5 Å². The van der Waals surface area contributed by atoms with Crippen LogP contribution in [0.1, 0.15) is 11.5 Å². The molecule has 0 unspecified atom stereocenters. The number of nitrogens with one attached hydrogen (secondary N) is 1. The van der Waals surface area contributed by atoms with E-state index in [0.29, 0.717) is 0 Å². The molecule has 8 nitrogen and oxygen atoms in total. The minimum atomic E-state index is -3.99. The van der Waals surface area contributed by atoms with Crippen molar-refractivity contribution in [3.8, 4) is 0 Å². The molecule has 23 heavy (non-hydrogen) atoms. The molecule has 0 radical (unpaired) electrons. The van der Waals surface area contributed by atoms with E-state index >= 15 is 0 Å². The van der Waals surface area contributed by atoms with Crippen molar-refractivity contribution in [2.45, 2.75) is 17.4 Å². The van der Waals surface area contributed by atoms with Crippen molar-refractivity contribution in [3.63, 3.8) is 0 Å². The summed E-state index contributed by atoms with van der Waals surface area (Å²) in [5.41, 5.74) is -0.00834. The second-order valence-corrected chi connectivity index (χ2v) is 8.43. The van der Waals surface area contributed by atoms with Crippen molar-refractivity contribution in [1.29, 1.82) is 0 Å². The summed E-state index contributed by atoms with van der Waals surface area (Å²) in [5.74, 6) is -1.29. The van der Waals surface area contributed by atoms with Gasteiger partial charge in [0.1, 0.15) is 5.82 Å². The summed E-state index contributed by atoms with van der Waals surface area (Å²) in [5, 5.41) is 6.34. The topological polar surface area (TPSA) is 119 Å². The molecule has 0 aliphatic rings. The van der Waals surface area contributed by atoms with Gasteiger partial charge in [0.2, 0.25) is 25.8 Å². The molecule has 0 spiro atoms. The number of aromatic nitrogens is 2. The lowest BCUT2D eigenvalue weighted by Gasteiger charge is -2.01. The highest BCUT2D eigenvalue weighted by atomic mass is 32.2. The standard InChI is InChI=1S/C12H14FN3O5S2/c1-22(17,18)14-7-6-11-15-16-12(21-11)23(19,20)8-9-4-2-3-5-10(9)13/h2-5,14H,6-8H2,1H3. The Balaban J connectivity index is 2.08. The zero-order chi connectivity index (χ0) is 17.1. The zero-order valence-corrected chi connectivity index (χ0v) is 13.7. The minimum absolute atomic E-state index is 0.00612. The molecule has 1 aromatic carbocycles. The van der Waals surface area contributed by atoms with Gasteiger partial charge in [-0.15, -0.1) is 5.10 Å². The van der Waals surface area contributed by atoms with Gasteiger partial charge in [-0.3, -0.25) is 0 Å². The molecule has 2 aromatic rings. The van der Waals surface area contributed by atoms with Crippen molar-refractivity contribution in [2.75, 3.05) is 12.8 Å². The second kappa shape index (κ2) is 6.72. The average molecular weight is 363 g/mol. The van der Waals surface area contributed by atoms with Crippen molar-refractivity contribution >= 4 is 19.9 Å². The monoisotopic (exact) mass is 363 g/mol. The van der Waals surface area contributed by atoms with Gasteiger partial charge in [-0.1, -0.05) is 23.3 Å². The predicted molar refractivity (Wildman–Crippen MR) is 78.1 cm³/mol. The predicted octanol–water partition coefficient (Wildman–Crippen LogP) is 0.274. The van der Waals surface area contributed by atoms with Gasteiger partial charge in [-0.25, -0.2) is 25.9 Å². The fourth-order valence-corrected chi connectivity index (χ4v) is 3.32. The highest BCUT2D eigenvalue weighted by Gasteiger charge is 2.24. The van der Waals surface area contributed by atoms with E-state index in [9.17, 15) is 21.2 Å². The van der Waals surface area contributed by atoms with Crippen LogP contribution in [0.4, 0.5) is 4.39 Å². The molecule has 0 aliphatic carbocycles. The summed E-state index contributed by atoms with van der Waals surface area (Å²) < 4.78 is 66.8. The van der Waals surface area contributed by atoms with Gasteiger partial charge in [-0.05, 0) is 6.07 Å². The van der Waals surface area contributed by atoms with Crippen molar-refractivity contribution in [1.82, 2.24) is 14.9 Å². The van der Waals surface area contributed by atoms with Crippen LogP contribution in [0.15, 0.2) is 33.9 Å². The van der Waals surface area contributed by atoms with Crippen LogP contribution in [0.5, 0.6) is 0 Å². The Morgan fingerprint density at radius 1 is 1.17 bits per heavy atom. The third kappa shape index (κ3) is 5.08. The van der Waals surface area contributed by atoms with E-state index in [1.54, 1.807) is 0 Å². The molecule has 0 aliphatic heterocycles. The number of hydrogen-bond donors (Lipinski definition) is 1. The molecule has 126 valence electrons. The van der Waals surface area contributed by atoms with E-state index < -0.39 is 36.7 Å². The first-order valence-corrected chi connectivity index (χ1v) is 9.95. The summed E-state index contributed by atoms with van der Waals surface area (Å²) in [6, 6.07) is 5.47. The Kier molecular flexibility index (Phi) is 5.12. The van der Waals surface area contributed by atoms with Crippen LogP contribution in [0.2, 0.25) is 0 Å². The maximum Gasteiger partial charge on any atom is 0.335 e. The van der Waals surface area contributed by atoms with Crippen LogP contribution in [-0.4, -0.2) is 39.8 Å². The zero-order valence-electron chi connectivity index (χ0n) is 12.1. The first-order chi connectivity index (χ1) is 10.7. The highest BCUT2D eigenvalue weighted by Crippen LogP contribution is 2.17. The van der Waals surface area contributed by atoms with E-state index in [4.69, 9.17) is 4.42 Å². The lowest BCUT2D eigenvalue weighted by molar-refractivity contribution is 0.395. The van der Waals surface area contributed by atoms with Crippen LogP contribution in [0, 0.1) is 5.82 Å². The van der Waals surface area contributed by atoms with E-state index in [-0.39, 0.29) is 24.4 Å². The smallest absolute Gasteiger partial charge is 0.335 e. The number of benzene rings is 1. The van der Waals surface area contributed by atoms with Gasteiger partial charge in [0, 0.05) is 18.5 Å². The second-order valence-electron chi connectivity index (χ2n) is 4.73. The SMILES string of the molecule is CS(=O)(=O)NCCc1nnc(S(=O)(=O)Cc2ccccc2F)o1. The summed E-state index contributed by atoms with van der Waals surface area (Å²) >= 11 is 0. The van der Waals surface area contributed by atoms with E-state index in [1.165, 1.54) is 18.2 Å². The molecular weight excluding hydrogens is 349 g/mol. The molecule has 0 fully saturated rings. The molecule has 1 aromatic heterocycles. The third-order valence-electron chi connectivity index (χ3n) is 2.72. The molecule has 0 amide bonds. The summed E-state index contributed by atoms with van der Waals surface area (Å²) in [4.78, 5) is 0. The molecule has 0 bridgehead atoms. The lowest BCUT2D eigenvalue weighted by atomic mass is 10.2. The van der Waals surface area contributed by atoms with Crippen LogP contribution in [0.3, 0.4) is 0 Å². The first-order valence-electron chi connectivity index (χ1n) is 6.40. The van der Waals surface area contributed by atoms with Gasteiger partial charge in [0.05, 0.1) is 12.0 Å². The Bertz CT molecular complexity index is 893. The number of sulfone groups is 1. The molecular formula is C12H14FN3O5S2. The summed E-state index contributed by atoms with van der Waals surface area (Å²) in [6.07, 6.45) is 1.03. The highest BCUT2D eigenvalue weighted by molar-refractivity contribution is 7.90. The molecule has 2 rings (SSSR count). The number of halogens is 1. The van der Waals surface area contributed by atoms with Crippen LogP contribution >= 0.6 is 0 Å². The van der Waals surface area contributed by atoms with Gasteiger partial charge >= 0.3 is 5.22 Å². The van der Waals surface area contributed by atoms with Crippen LogP contribution in [0.25, 0.3) is 0 Å². The molecule has 0 saturated heterocycles. The number of sulfonamides is 1. The van der Waals surface area contributed by atoms with Gasteiger partial charge in [-0.2, -0.15) is 0 Å². The molecule has 0 atom stereocenters. The lowest BCUT2D eigenvalue weighted by Crippen LogP contribution is -2.24. The Labute approximate surface area is 132 Å². The molecule has 1 heterocycles. The quantitative estimate of drug-likeness (QED) is 0.750. The van der Waals surface area contributed by atoms with Gasteiger partial charge < -0.3 is 4.42 Å². The van der Waals surface area contributed by atoms with Crippen molar-refractivity contribution in [2.24, 2.45) is 0 Å². The van der Waals surface area contributed by atoms with Crippen LogP contribution < -0.4 is 4.72 Å². The number of rotatable bonds is 7. The van der Waals surface area contributed by atoms with Crippen molar-refractivity contribution < 1.29 is 25.6 Å². The Hall–Kier alpha value is -1.85. The minimum Gasteiger partial charge on any atom is -0.412 e. The fourth-order valence-electron chi connectivity index (χ4n) is 1.69. The van der Waals surface area contributed by atoms with E-state index in [0.717, 1.165) is 12.3 Å². The maximum atomic E-state index is 13.5. The van der Waals surface area contributed by atoms with E-state index in [2.05, 4.69) is 14.9 Å². The fraction of sp³-hybridized carbons (Fsp3) is 0.333. The van der Waals surface area contributed by atoms with E-state index in [1.807, 2.05) is 0 Å². The summed E-state index contributed by atoms with van der Waals surface area (Å²) in [6.45, 7) is -0.00612. The normalized spacial score (nSPS) is 12.4. The Morgan fingerprint density at radius 3 is 2.52 bits per heavy atom. The largest absolute Gasteiger partial charge is 0.412 e. The third-order valence-corrected chi connectivity index (χ3v) is 4.84. The van der Waals surface area contributed by atoms with Crippen LogP contribution in [-0.2, 0) is 32.0 Å². The number of hydrogen-bond acceptors (Lipinski definition) is 7. The maximum absolute atomic E-state index is 13.5. The number of nitrogens with zero attached hydrogens (tertiary/aromatic N) is 2. The van der Waals surface area contributed by atoms with Gasteiger partial charge in [0.15, 0.2) is 0 Å². The average Bonchev–Trinajstić information content (AvgIpc) is 2.89. The van der Waals surface area contributed by atoms with Gasteiger partial charge in [0.25, 0.3) is 0 Å². The molecule has 0 saturated carbocycles. The molecule has 11 heteroatoms. The molecule has 1 N–H and O–H groups in total. The first kappa shape index (κ1) is 17.5. The summed E-state index contributed by atoms with van der Waals surface area (Å²) in [7, 11) is -7.35.